The highest BCUT2D eigenvalue weighted by atomic mass is 35.5. The maximum atomic E-state index is 13.3. The summed E-state index contributed by atoms with van der Waals surface area (Å²) < 4.78 is 41.0. The highest BCUT2D eigenvalue weighted by Crippen LogP contribution is 2.28. The molecule has 6 nitrogen and oxygen atoms in total. The molecule has 2 heterocycles. The largest absolute Gasteiger partial charge is 0.369 e. The molecule has 168 valence electrons. The van der Waals surface area contributed by atoms with Crippen LogP contribution in [0.4, 0.5) is 10.1 Å². The number of anilines is 1. The molecule has 1 aliphatic heterocycles. The molecule has 3 aromatic rings. The molecular weight excluding hydrogens is 473 g/mol. The van der Waals surface area contributed by atoms with E-state index in [1.54, 1.807) is 12.1 Å². The number of sulfonamides is 1. The summed E-state index contributed by atoms with van der Waals surface area (Å²) in [6.07, 6.45) is 0. The van der Waals surface area contributed by atoms with Gasteiger partial charge in [-0.3, -0.25) is 4.79 Å². The molecule has 0 saturated carbocycles. The Morgan fingerprint density at radius 3 is 2.44 bits per heavy atom. The fourth-order valence-corrected chi connectivity index (χ4v) is 6.07. The van der Waals surface area contributed by atoms with Crippen molar-refractivity contribution in [3.8, 4) is 0 Å². The maximum Gasteiger partial charge on any atom is 0.251 e. The zero-order valence-electron chi connectivity index (χ0n) is 17.0. The number of hydrogen-bond acceptors (Lipinski definition) is 5. The van der Waals surface area contributed by atoms with Crippen molar-refractivity contribution >= 4 is 44.6 Å². The minimum Gasteiger partial charge on any atom is -0.369 e. The third-order valence-corrected chi connectivity index (χ3v) is 8.50. The molecule has 4 rings (SSSR count). The zero-order chi connectivity index (χ0) is 22.7. The van der Waals surface area contributed by atoms with E-state index in [9.17, 15) is 17.6 Å². The number of amides is 1. The first-order valence-electron chi connectivity index (χ1n) is 9.95. The van der Waals surface area contributed by atoms with Gasteiger partial charge in [0.25, 0.3) is 5.91 Å². The van der Waals surface area contributed by atoms with Crippen molar-refractivity contribution in [2.45, 2.75) is 11.4 Å². The minimum atomic E-state index is -3.88. The van der Waals surface area contributed by atoms with E-state index >= 15 is 0 Å². The average molecular weight is 494 g/mol. The summed E-state index contributed by atoms with van der Waals surface area (Å²) in [5.74, 6) is -0.684. The fourth-order valence-electron chi connectivity index (χ4n) is 3.50. The molecule has 1 fully saturated rings. The quantitative estimate of drug-likeness (QED) is 0.564. The van der Waals surface area contributed by atoms with Crippen molar-refractivity contribution in [2.24, 2.45) is 0 Å². The van der Waals surface area contributed by atoms with Crippen LogP contribution in [0.15, 0.2) is 64.9 Å². The van der Waals surface area contributed by atoms with Gasteiger partial charge in [-0.2, -0.15) is 4.31 Å². The third-order valence-electron chi connectivity index (χ3n) is 5.24. The second-order valence-electron chi connectivity index (χ2n) is 7.27. The van der Waals surface area contributed by atoms with Gasteiger partial charge >= 0.3 is 0 Å². The normalized spacial score (nSPS) is 15.0. The van der Waals surface area contributed by atoms with E-state index in [4.69, 9.17) is 11.6 Å². The zero-order valence-corrected chi connectivity index (χ0v) is 19.4. The molecule has 0 radical (unpaired) electrons. The lowest BCUT2D eigenvalue weighted by molar-refractivity contribution is 0.0951. The number of carbonyl (C=O) groups excluding carboxylic acids is 1. The molecule has 0 unspecified atom stereocenters. The van der Waals surface area contributed by atoms with Crippen LogP contribution >= 0.6 is 22.9 Å². The Kier molecular flexibility index (Phi) is 6.80. The Bertz CT molecular complexity index is 1190. The number of piperazine rings is 1. The van der Waals surface area contributed by atoms with Gasteiger partial charge in [-0.15, -0.1) is 11.3 Å². The Balaban J connectivity index is 1.46. The molecule has 2 aromatic carbocycles. The van der Waals surface area contributed by atoms with Crippen LogP contribution in [0.2, 0.25) is 5.02 Å². The standard InChI is InChI=1S/C22H21ClFN3O3S2/c23-20-8-3-16(22(28)25-15-19-2-1-13-31-19)14-21(20)32(29,30)27-11-9-26(10-12-27)18-6-4-17(24)5-7-18/h1-8,13-14H,9-12,15H2,(H,25,28). The third kappa shape index (κ3) is 4.96. The molecule has 0 bridgehead atoms. The number of nitrogens with zero attached hydrogens (tertiary/aromatic N) is 2. The molecule has 10 heteroatoms. The fraction of sp³-hybridized carbons (Fsp3) is 0.227. The predicted octanol–water partition coefficient (Wildman–Crippen LogP) is 3.98. The van der Waals surface area contributed by atoms with Crippen LogP contribution in [-0.2, 0) is 16.6 Å². The Labute approximate surface area is 195 Å². The summed E-state index contributed by atoms with van der Waals surface area (Å²) in [7, 11) is -3.88. The number of benzene rings is 2. The van der Waals surface area contributed by atoms with Gasteiger partial charge in [-0.1, -0.05) is 17.7 Å². The molecule has 1 aromatic heterocycles. The van der Waals surface area contributed by atoms with Crippen LogP contribution in [0, 0.1) is 5.82 Å². The summed E-state index contributed by atoms with van der Waals surface area (Å²) >= 11 is 7.75. The van der Waals surface area contributed by atoms with Crippen LogP contribution in [-0.4, -0.2) is 44.8 Å². The van der Waals surface area contributed by atoms with Gasteiger partial charge in [0.1, 0.15) is 10.7 Å². The van der Waals surface area contributed by atoms with E-state index in [1.807, 2.05) is 22.4 Å². The van der Waals surface area contributed by atoms with E-state index in [2.05, 4.69) is 5.32 Å². The van der Waals surface area contributed by atoms with Gasteiger partial charge in [0, 0.05) is 42.3 Å². The Hall–Kier alpha value is -2.46. The van der Waals surface area contributed by atoms with Crippen molar-refractivity contribution in [1.82, 2.24) is 9.62 Å². The first-order chi connectivity index (χ1) is 15.3. The number of hydrogen-bond donors (Lipinski definition) is 1. The second kappa shape index (κ2) is 9.58. The number of rotatable bonds is 6. The first kappa shape index (κ1) is 22.7. The van der Waals surface area contributed by atoms with Gasteiger partial charge in [0.2, 0.25) is 10.0 Å². The number of thiophene rings is 1. The van der Waals surface area contributed by atoms with E-state index in [1.165, 1.54) is 46.0 Å². The van der Waals surface area contributed by atoms with Gasteiger partial charge in [-0.05, 0) is 53.9 Å². The van der Waals surface area contributed by atoms with Crippen LogP contribution in [0.25, 0.3) is 0 Å². The lowest BCUT2D eigenvalue weighted by Crippen LogP contribution is -2.48. The molecule has 0 spiro atoms. The van der Waals surface area contributed by atoms with Crippen molar-refractivity contribution in [2.75, 3.05) is 31.1 Å². The van der Waals surface area contributed by atoms with Gasteiger partial charge in [-0.25, -0.2) is 12.8 Å². The van der Waals surface area contributed by atoms with Crippen LogP contribution < -0.4 is 10.2 Å². The topological polar surface area (TPSA) is 69.7 Å². The van der Waals surface area contributed by atoms with Crippen molar-refractivity contribution in [3.05, 3.63) is 81.3 Å². The van der Waals surface area contributed by atoms with E-state index in [-0.39, 0.29) is 40.3 Å². The van der Waals surface area contributed by atoms with E-state index in [0.717, 1.165) is 10.6 Å². The first-order valence-corrected chi connectivity index (χ1v) is 12.6. The molecule has 1 N–H and O–H groups in total. The second-order valence-corrected chi connectivity index (χ2v) is 10.6. The summed E-state index contributed by atoms with van der Waals surface area (Å²) in [5.41, 5.74) is 1.07. The molecule has 32 heavy (non-hydrogen) atoms. The highest BCUT2D eigenvalue weighted by molar-refractivity contribution is 7.89. The molecule has 1 amide bonds. The molecule has 1 saturated heterocycles. The lowest BCUT2D eigenvalue weighted by atomic mass is 10.2. The molecular formula is C22H21ClFN3O3S2. The maximum absolute atomic E-state index is 13.3. The molecule has 0 aliphatic carbocycles. The van der Waals surface area contributed by atoms with Crippen molar-refractivity contribution in [3.63, 3.8) is 0 Å². The number of halogens is 2. The lowest BCUT2D eigenvalue weighted by Gasteiger charge is -2.35. The molecule has 1 aliphatic rings. The van der Waals surface area contributed by atoms with Crippen molar-refractivity contribution < 1.29 is 17.6 Å². The predicted molar refractivity (Wildman–Crippen MR) is 124 cm³/mol. The summed E-state index contributed by atoms with van der Waals surface area (Å²) in [6, 6.07) is 14.2. The van der Waals surface area contributed by atoms with Crippen LogP contribution in [0.1, 0.15) is 15.2 Å². The average Bonchev–Trinajstić information content (AvgIpc) is 3.32. The number of nitrogens with one attached hydrogen (secondary N) is 1. The number of carbonyl (C=O) groups is 1. The van der Waals surface area contributed by atoms with E-state index in [0.29, 0.717) is 19.6 Å². The van der Waals surface area contributed by atoms with Crippen LogP contribution in [0.3, 0.4) is 0 Å². The Morgan fingerprint density at radius 1 is 1.06 bits per heavy atom. The summed E-state index contributed by atoms with van der Waals surface area (Å²) in [4.78, 5) is 15.5. The smallest absolute Gasteiger partial charge is 0.251 e. The highest BCUT2D eigenvalue weighted by Gasteiger charge is 2.31. The summed E-state index contributed by atoms with van der Waals surface area (Å²) in [5, 5.41) is 4.78. The minimum absolute atomic E-state index is 0.0702. The monoisotopic (exact) mass is 493 g/mol. The summed E-state index contributed by atoms with van der Waals surface area (Å²) in [6.45, 7) is 1.80. The van der Waals surface area contributed by atoms with E-state index < -0.39 is 10.0 Å². The van der Waals surface area contributed by atoms with Crippen molar-refractivity contribution in [1.29, 1.82) is 0 Å². The SMILES string of the molecule is O=C(NCc1cccs1)c1ccc(Cl)c(S(=O)(=O)N2CCN(c3ccc(F)cc3)CC2)c1. The van der Waals surface area contributed by atoms with Gasteiger partial charge in [0.15, 0.2) is 0 Å². The Morgan fingerprint density at radius 2 is 1.78 bits per heavy atom. The molecule has 0 atom stereocenters. The van der Waals surface area contributed by atoms with Crippen LogP contribution in [0.5, 0.6) is 0 Å². The van der Waals surface area contributed by atoms with Gasteiger partial charge < -0.3 is 10.2 Å². The van der Waals surface area contributed by atoms with Gasteiger partial charge in [0.05, 0.1) is 11.6 Å².